The third-order valence-electron chi connectivity index (χ3n) is 4.03. The molecule has 1 aliphatic heterocycles. The van der Waals surface area contributed by atoms with Gasteiger partial charge in [-0.15, -0.1) is 10.2 Å². The summed E-state index contributed by atoms with van der Waals surface area (Å²) in [5.41, 5.74) is 0.938. The molecule has 3 rings (SSSR count). The zero-order valence-electron chi connectivity index (χ0n) is 14.5. The highest BCUT2D eigenvalue weighted by atomic mass is 35.5. The molecule has 2 atom stereocenters. The number of amides is 1. The average molecular weight is 381 g/mol. The van der Waals surface area contributed by atoms with Gasteiger partial charge in [-0.25, -0.2) is 0 Å². The zero-order chi connectivity index (χ0) is 18.0. The molecule has 1 aromatic carbocycles. The summed E-state index contributed by atoms with van der Waals surface area (Å²) >= 11 is 7.33. The molecular weight excluding hydrogens is 360 g/mol. The van der Waals surface area contributed by atoms with Crippen molar-refractivity contribution in [2.24, 2.45) is 7.05 Å². The number of halogens is 1. The molecular formula is C17H21ClN4O2S. The van der Waals surface area contributed by atoms with E-state index >= 15 is 0 Å². The molecule has 0 N–H and O–H groups in total. The van der Waals surface area contributed by atoms with Crippen molar-refractivity contribution >= 4 is 29.3 Å². The molecule has 0 saturated carbocycles. The third-order valence-corrected chi connectivity index (χ3v) is 5.29. The highest BCUT2D eigenvalue weighted by Crippen LogP contribution is 2.24. The van der Waals surface area contributed by atoms with Gasteiger partial charge in [0, 0.05) is 30.7 Å². The van der Waals surface area contributed by atoms with Crippen molar-refractivity contribution in [3.63, 3.8) is 0 Å². The molecule has 2 aromatic rings. The van der Waals surface area contributed by atoms with E-state index in [2.05, 4.69) is 10.2 Å². The molecule has 25 heavy (non-hydrogen) atoms. The minimum Gasteiger partial charge on any atom is -0.372 e. The molecule has 0 unspecified atom stereocenters. The molecule has 1 aromatic heterocycles. The molecule has 1 amide bonds. The summed E-state index contributed by atoms with van der Waals surface area (Å²) in [7, 11) is 1.90. The van der Waals surface area contributed by atoms with Gasteiger partial charge in [-0.05, 0) is 38.1 Å². The number of morpholine rings is 1. The van der Waals surface area contributed by atoms with E-state index in [4.69, 9.17) is 16.3 Å². The summed E-state index contributed by atoms with van der Waals surface area (Å²) in [5, 5.41) is 9.84. The quantitative estimate of drug-likeness (QED) is 0.763. The van der Waals surface area contributed by atoms with Crippen molar-refractivity contribution in [3.8, 4) is 11.4 Å². The Labute approximate surface area is 156 Å². The van der Waals surface area contributed by atoms with E-state index in [0.717, 1.165) is 11.4 Å². The fourth-order valence-electron chi connectivity index (χ4n) is 2.89. The second-order valence-electron chi connectivity index (χ2n) is 6.22. The maximum Gasteiger partial charge on any atom is 0.233 e. The second-order valence-corrected chi connectivity index (χ2v) is 7.60. The van der Waals surface area contributed by atoms with Crippen LogP contribution in [0, 0.1) is 0 Å². The maximum absolute atomic E-state index is 12.5. The van der Waals surface area contributed by atoms with Gasteiger partial charge in [0.25, 0.3) is 0 Å². The van der Waals surface area contributed by atoms with Crippen molar-refractivity contribution in [1.82, 2.24) is 19.7 Å². The minimum atomic E-state index is 0.0732. The fraction of sp³-hybridized carbons (Fsp3) is 0.471. The molecule has 0 bridgehead atoms. The number of hydrogen-bond acceptors (Lipinski definition) is 5. The molecule has 8 heteroatoms. The topological polar surface area (TPSA) is 60.2 Å². The van der Waals surface area contributed by atoms with Gasteiger partial charge in [-0.3, -0.25) is 4.79 Å². The average Bonchev–Trinajstić information content (AvgIpc) is 2.93. The molecule has 6 nitrogen and oxygen atoms in total. The van der Waals surface area contributed by atoms with Crippen LogP contribution < -0.4 is 0 Å². The smallest absolute Gasteiger partial charge is 0.233 e. The summed E-state index contributed by atoms with van der Waals surface area (Å²) < 4.78 is 7.57. The molecule has 1 fully saturated rings. The molecule has 1 saturated heterocycles. The van der Waals surface area contributed by atoms with E-state index in [-0.39, 0.29) is 18.1 Å². The Balaban J connectivity index is 1.64. The Morgan fingerprint density at radius 1 is 1.24 bits per heavy atom. The van der Waals surface area contributed by atoms with Gasteiger partial charge in [0.05, 0.1) is 18.0 Å². The summed E-state index contributed by atoms with van der Waals surface area (Å²) in [4.78, 5) is 14.3. The van der Waals surface area contributed by atoms with Crippen LogP contribution in [-0.4, -0.2) is 56.6 Å². The normalized spacial score (nSPS) is 20.7. The van der Waals surface area contributed by atoms with Gasteiger partial charge < -0.3 is 14.2 Å². The molecule has 0 aliphatic carbocycles. The summed E-state index contributed by atoms with van der Waals surface area (Å²) in [6, 6.07) is 7.45. The Kier molecular flexibility index (Phi) is 5.66. The highest BCUT2D eigenvalue weighted by Gasteiger charge is 2.26. The Morgan fingerprint density at radius 3 is 2.52 bits per heavy atom. The van der Waals surface area contributed by atoms with Gasteiger partial charge >= 0.3 is 0 Å². The Hall–Kier alpha value is -1.57. The van der Waals surface area contributed by atoms with Crippen molar-refractivity contribution < 1.29 is 9.53 Å². The van der Waals surface area contributed by atoms with Crippen LogP contribution >= 0.6 is 23.4 Å². The van der Waals surface area contributed by atoms with Crippen LogP contribution in [-0.2, 0) is 16.6 Å². The monoisotopic (exact) mass is 380 g/mol. The number of aromatic nitrogens is 3. The van der Waals surface area contributed by atoms with Crippen LogP contribution in [0.3, 0.4) is 0 Å². The second kappa shape index (κ2) is 7.76. The van der Waals surface area contributed by atoms with Crippen molar-refractivity contribution in [2.45, 2.75) is 31.2 Å². The van der Waals surface area contributed by atoms with E-state index in [1.165, 1.54) is 11.8 Å². The van der Waals surface area contributed by atoms with Crippen LogP contribution in [0.1, 0.15) is 13.8 Å². The van der Waals surface area contributed by atoms with Gasteiger partial charge in [-0.2, -0.15) is 0 Å². The lowest BCUT2D eigenvalue weighted by Gasteiger charge is -2.35. The molecule has 134 valence electrons. The van der Waals surface area contributed by atoms with Crippen molar-refractivity contribution in [2.75, 3.05) is 18.8 Å². The van der Waals surface area contributed by atoms with E-state index in [9.17, 15) is 4.79 Å². The molecule has 0 radical (unpaired) electrons. The van der Waals surface area contributed by atoms with Crippen LogP contribution in [0.25, 0.3) is 11.4 Å². The predicted octanol–water partition coefficient (Wildman–Crippen LogP) is 2.86. The molecule has 0 spiro atoms. The summed E-state index contributed by atoms with van der Waals surface area (Å²) in [6.07, 6.45) is 0.146. The van der Waals surface area contributed by atoms with Crippen LogP contribution in [0.5, 0.6) is 0 Å². The lowest BCUT2D eigenvalue weighted by atomic mass is 10.2. The van der Waals surface area contributed by atoms with Gasteiger partial charge in [0.1, 0.15) is 0 Å². The number of thioether (sulfide) groups is 1. The number of hydrogen-bond donors (Lipinski definition) is 0. The number of ether oxygens (including phenoxy) is 1. The van der Waals surface area contributed by atoms with Crippen molar-refractivity contribution in [1.29, 1.82) is 0 Å². The first-order valence-corrected chi connectivity index (χ1v) is 9.51. The lowest BCUT2D eigenvalue weighted by molar-refractivity contribution is -0.140. The van der Waals surface area contributed by atoms with Crippen LogP contribution in [0.15, 0.2) is 29.4 Å². The number of carbonyl (C=O) groups excluding carboxylic acids is 1. The number of benzene rings is 1. The third kappa shape index (κ3) is 4.34. The van der Waals surface area contributed by atoms with Crippen molar-refractivity contribution in [3.05, 3.63) is 29.3 Å². The van der Waals surface area contributed by atoms with E-state index in [1.807, 2.05) is 54.6 Å². The summed E-state index contributed by atoms with van der Waals surface area (Å²) in [5.74, 6) is 1.19. The van der Waals surface area contributed by atoms with E-state index in [1.54, 1.807) is 0 Å². The highest BCUT2D eigenvalue weighted by molar-refractivity contribution is 7.99. The van der Waals surface area contributed by atoms with Crippen LogP contribution in [0.4, 0.5) is 0 Å². The largest absolute Gasteiger partial charge is 0.372 e. The first-order valence-electron chi connectivity index (χ1n) is 8.15. The standard InChI is InChI=1S/C17H21ClN4O2S/c1-11-8-22(9-12(2)24-11)15(23)10-25-17-20-19-16(21(17)3)13-4-6-14(18)7-5-13/h4-7,11-12H,8-10H2,1-3H3/t11-,12-/m1/s1. The maximum atomic E-state index is 12.5. The van der Waals surface area contributed by atoms with E-state index in [0.29, 0.717) is 29.0 Å². The van der Waals surface area contributed by atoms with Gasteiger partial charge in [0.15, 0.2) is 11.0 Å². The minimum absolute atomic E-state index is 0.0732. The van der Waals surface area contributed by atoms with Crippen LogP contribution in [0.2, 0.25) is 5.02 Å². The SMILES string of the molecule is C[C@@H]1CN(C(=O)CSc2nnc(-c3ccc(Cl)cc3)n2C)C[C@@H](C)O1. The Bertz CT molecular complexity index is 740. The zero-order valence-corrected chi connectivity index (χ0v) is 16.0. The first kappa shape index (κ1) is 18.2. The fourth-order valence-corrected chi connectivity index (χ4v) is 3.83. The van der Waals surface area contributed by atoms with E-state index < -0.39 is 0 Å². The number of rotatable bonds is 4. The Morgan fingerprint density at radius 2 is 1.88 bits per heavy atom. The van der Waals surface area contributed by atoms with Gasteiger partial charge in [0.2, 0.25) is 5.91 Å². The first-order chi connectivity index (χ1) is 11.9. The van der Waals surface area contributed by atoms with Gasteiger partial charge in [-0.1, -0.05) is 23.4 Å². The lowest BCUT2D eigenvalue weighted by Crippen LogP contribution is -2.48. The number of nitrogens with zero attached hydrogens (tertiary/aromatic N) is 4. The molecule has 2 heterocycles. The number of carbonyl (C=O) groups is 1. The summed E-state index contributed by atoms with van der Waals surface area (Å²) in [6.45, 7) is 5.26. The molecule has 1 aliphatic rings. The predicted molar refractivity (Wildman–Crippen MR) is 98.8 cm³/mol.